The number of rotatable bonds is 2. The minimum atomic E-state index is 0.0801. The molecule has 2 nitrogen and oxygen atoms in total. The summed E-state index contributed by atoms with van der Waals surface area (Å²) in [7, 11) is 0. The molecule has 0 saturated heterocycles. The van der Waals surface area contributed by atoms with Crippen LogP contribution in [0.1, 0.15) is 44.9 Å². The van der Waals surface area contributed by atoms with E-state index in [1.807, 2.05) is 13.8 Å². The Morgan fingerprint density at radius 3 is 2.50 bits per heavy atom. The molecule has 0 spiro atoms. The SMILES string of the molecule is CC(C)C(=O)N1CCc2ccccc2C1C(C)C. The van der Waals surface area contributed by atoms with Crippen molar-refractivity contribution in [3.8, 4) is 0 Å². The van der Waals surface area contributed by atoms with Crippen molar-refractivity contribution in [1.82, 2.24) is 4.90 Å². The lowest BCUT2D eigenvalue weighted by molar-refractivity contribution is -0.138. The molecule has 1 heterocycles. The fourth-order valence-corrected chi connectivity index (χ4v) is 2.90. The zero-order valence-electron chi connectivity index (χ0n) is 11.8. The summed E-state index contributed by atoms with van der Waals surface area (Å²) >= 11 is 0. The van der Waals surface area contributed by atoms with Gasteiger partial charge < -0.3 is 4.90 Å². The van der Waals surface area contributed by atoms with E-state index in [2.05, 4.69) is 43.0 Å². The number of nitrogens with zero attached hydrogens (tertiary/aromatic N) is 1. The van der Waals surface area contributed by atoms with Crippen LogP contribution in [0, 0.1) is 11.8 Å². The van der Waals surface area contributed by atoms with Crippen molar-refractivity contribution in [3.05, 3.63) is 35.4 Å². The highest BCUT2D eigenvalue weighted by molar-refractivity contribution is 5.79. The molecular weight excluding hydrogens is 222 g/mol. The third-order valence-corrected chi connectivity index (χ3v) is 3.74. The molecule has 0 N–H and O–H groups in total. The molecule has 1 amide bonds. The van der Waals surface area contributed by atoms with E-state index in [1.165, 1.54) is 11.1 Å². The van der Waals surface area contributed by atoms with Crippen molar-refractivity contribution in [3.63, 3.8) is 0 Å². The van der Waals surface area contributed by atoms with E-state index in [4.69, 9.17) is 0 Å². The zero-order valence-corrected chi connectivity index (χ0v) is 11.8. The molecule has 0 bridgehead atoms. The Labute approximate surface area is 110 Å². The molecule has 2 heteroatoms. The van der Waals surface area contributed by atoms with Crippen molar-refractivity contribution in [2.45, 2.75) is 40.2 Å². The fraction of sp³-hybridized carbons (Fsp3) is 0.562. The van der Waals surface area contributed by atoms with E-state index >= 15 is 0 Å². The largest absolute Gasteiger partial charge is 0.335 e. The number of hydrogen-bond donors (Lipinski definition) is 0. The van der Waals surface area contributed by atoms with Crippen LogP contribution in [0.15, 0.2) is 24.3 Å². The van der Waals surface area contributed by atoms with Gasteiger partial charge in [-0.25, -0.2) is 0 Å². The first-order valence-corrected chi connectivity index (χ1v) is 6.90. The smallest absolute Gasteiger partial charge is 0.225 e. The third kappa shape index (κ3) is 2.29. The van der Waals surface area contributed by atoms with Gasteiger partial charge in [-0.05, 0) is 23.5 Å². The van der Waals surface area contributed by atoms with Crippen molar-refractivity contribution >= 4 is 5.91 Å². The highest BCUT2D eigenvalue weighted by atomic mass is 16.2. The zero-order chi connectivity index (χ0) is 13.3. The van der Waals surface area contributed by atoms with E-state index in [9.17, 15) is 4.79 Å². The average Bonchev–Trinajstić information content (AvgIpc) is 2.36. The molecule has 0 radical (unpaired) electrons. The number of carbonyl (C=O) groups is 1. The monoisotopic (exact) mass is 245 g/mol. The molecule has 0 saturated carbocycles. The van der Waals surface area contributed by atoms with Crippen LogP contribution < -0.4 is 0 Å². The quantitative estimate of drug-likeness (QED) is 0.781. The van der Waals surface area contributed by atoms with E-state index in [0.29, 0.717) is 5.92 Å². The van der Waals surface area contributed by atoms with Gasteiger partial charge in [-0.3, -0.25) is 4.79 Å². The Morgan fingerprint density at radius 1 is 1.22 bits per heavy atom. The second-order valence-electron chi connectivity index (χ2n) is 5.82. The van der Waals surface area contributed by atoms with Crippen LogP contribution in [-0.4, -0.2) is 17.4 Å². The normalized spacial score (nSPS) is 19.2. The Balaban J connectivity index is 2.39. The van der Waals surface area contributed by atoms with E-state index in [0.717, 1.165) is 13.0 Å². The third-order valence-electron chi connectivity index (χ3n) is 3.74. The molecule has 0 aromatic heterocycles. The average molecular weight is 245 g/mol. The minimum Gasteiger partial charge on any atom is -0.335 e. The van der Waals surface area contributed by atoms with Crippen molar-refractivity contribution in [2.24, 2.45) is 11.8 Å². The minimum absolute atomic E-state index is 0.0801. The maximum Gasteiger partial charge on any atom is 0.225 e. The second kappa shape index (κ2) is 5.13. The number of hydrogen-bond acceptors (Lipinski definition) is 1. The van der Waals surface area contributed by atoms with Crippen LogP contribution >= 0.6 is 0 Å². The van der Waals surface area contributed by atoms with Gasteiger partial charge in [-0.15, -0.1) is 0 Å². The van der Waals surface area contributed by atoms with Crippen molar-refractivity contribution in [2.75, 3.05) is 6.54 Å². The molecule has 1 unspecified atom stereocenters. The fourth-order valence-electron chi connectivity index (χ4n) is 2.90. The van der Waals surface area contributed by atoms with Crippen LogP contribution in [0.4, 0.5) is 0 Å². The molecule has 2 rings (SSSR count). The van der Waals surface area contributed by atoms with E-state index < -0.39 is 0 Å². The molecule has 1 aromatic carbocycles. The molecule has 0 aliphatic carbocycles. The molecule has 18 heavy (non-hydrogen) atoms. The highest BCUT2D eigenvalue weighted by Crippen LogP contribution is 2.35. The molecule has 98 valence electrons. The van der Waals surface area contributed by atoms with Gasteiger partial charge in [0.1, 0.15) is 0 Å². The Morgan fingerprint density at radius 2 is 1.89 bits per heavy atom. The summed E-state index contributed by atoms with van der Waals surface area (Å²) in [5.74, 6) is 0.814. The first-order chi connectivity index (χ1) is 8.52. The molecule has 1 aliphatic rings. The summed E-state index contributed by atoms with van der Waals surface area (Å²) in [4.78, 5) is 14.4. The van der Waals surface area contributed by atoms with Crippen LogP contribution in [-0.2, 0) is 11.2 Å². The molecule has 1 atom stereocenters. The van der Waals surface area contributed by atoms with Gasteiger partial charge in [-0.1, -0.05) is 52.0 Å². The van der Waals surface area contributed by atoms with Crippen LogP contribution in [0.3, 0.4) is 0 Å². The number of carbonyl (C=O) groups excluding carboxylic acids is 1. The summed E-state index contributed by atoms with van der Waals surface area (Å²) in [6.45, 7) is 9.23. The Hall–Kier alpha value is -1.31. The lowest BCUT2D eigenvalue weighted by atomic mass is 9.85. The highest BCUT2D eigenvalue weighted by Gasteiger charge is 2.33. The first-order valence-electron chi connectivity index (χ1n) is 6.90. The molecule has 1 aliphatic heterocycles. The van der Waals surface area contributed by atoms with Gasteiger partial charge in [0.15, 0.2) is 0 Å². The first kappa shape index (κ1) is 13.1. The topological polar surface area (TPSA) is 20.3 Å². The summed E-state index contributed by atoms with van der Waals surface area (Å²) in [5, 5.41) is 0. The summed E-state index contributed by atoms with van der Waals surface area (Å²) < 4.78 is 0. The van der Waals surface area contributed by atoms with Gasteiger partial charge in [0.2, 0.25) is 5.91 Å². The van der Waals surface area contributed by atoms with E-state index in [1.54, 1.807) is 0 Å². The second-order valence-corrected chi connectivity index (χ2v) is 5.82. The standard InChI is InChI=1S/C16H23NO/c1-11(2)15-14-8-6-5-7-13(14)9-10-17(15)16(18)12(3)4/h5-8,11-12,15H,9-10H2,1-4H3. The summed E-state index contributed by atoms with van der Waals surface area (Å²) in [6.07, 6.45) is 0.984. The van der Waals surface area contributed by atoms with Gasteiger partial charge in [0.25, 0.3) is 0 Å². The number of fused-ring (bicyclic) bond motifs is 1. The molecule has 1 aromatic rings. The van der Waals surface area contributed by atoms with Gasteiger partial charge in [0, 0.05) is 12.5 Å². The van der Waals surface area contributed by atoms with Crippen molar-refractivity contribution < 1.29 is 4.79 Å². The molecular formula is C16H23NO. The number of benzene rings is 1. The maximum absolute atomic E-state index is 12.3. The van der Waals surface area contributed by atoms with Crippen LogP contribution in [0.5, 0.6) is 0 Å². The van der Waals surface area contributed by atoms with Crippen LogP contribution in [0.2, 0.25) is 0 Å². The van der Waals surface area contributed by atoms with E-state index in [-0.39, 0.29) is 17.9 Å². The lowest BCUT2D eigenvalue weighted by Crippen LogP contribution is -2.44. The summed E-state index contributed by atoms with van der Waals surface area (Å²) in [6, 6.07) is 8.79. The maximum atomic E-state index is 12.3. The Bertz CT molecular complexity index is 436. The van der Waals surface area contributed by atoms with Crippen LogP contribution in [0.25, 0.3) is 0 Å². The van der Waals surface area contributed by atoms with Gasteiger partial charge >= 0.3 is 0 Å². The predicted molar refractivity (Wildman–Crippen MR) is 74.3 cm³/mol. The number of amides is 1. The summed E-state index contributed by atoms with van der Waals surface area (Å²) in [5.41, 5.74) is 2.75. The molecule has 0 fully saturated rings. The van der Waals surface area contributed by atoms with Gasteiger partial charge in [0.05, 0.1) is 6.04 Å². The lowest BCUT2D eigenvalue weighted by Gasteiger charge is -2.40. The predicted octanol–water partition coefficient (Wildman–Crippen LogP) is 3.42. The Kier molecular flexibility index (Phi) is 3.74. The van der Waals surface area contributed by atoms with Gasteiger partial charge in [-0.2, -0.15) is 0 Å². The van der Waals surface area contributed by atoms with Crippen molar-refractivity contribution in [1.29, 1.82) is 0 Å².